The molecule has 0 radical (unpaired) electrons. The highest BCUT2D eigenvalue weighted by Crippen LogP contribution is 2.40. The molecule has 2 heterocycles. The van der Waals surface area contributed by atoms with E-state index in [0.717, 1.165) is 62.2 Å². The van der Waals surface area contributed by atoms with E-state index in [2.05, 4.69) is 62.2 Å². The molecule has 3 aromatic rings. The number of benzene rings is 3. The molecule has 1 unspecified atom stereocenters. The Labute approximate surface area is 293 Å². The molecule has 0 saturated carbocycles. The van der Waals surface area contributed by atoms with Crippen LogP contribution in [0.4, 0.5) is 0 Å². The average molecular weight is 670 g/mol. The Morgan fingerprint density at radius 1 is 1.04 bits per heavy atom. The van der Waals surface area contributed by atoms with Gasteiger partial charge in [-0.15, -0.1) is 0 Å². The van der Waals surface area contributed by atoms with Crippen molar-refractivity contribution in [2.24, 2.45) is 4.99 Å². The highest BCUT2D eigenvalue weighted by Gasteiger charge is 2.36. The van der Waals surface area contributed by atoms with Crippen molar-refractivity contribution in [3.63, 3.8) is 0 Å². The summed E-state index contributed by atoms with van der Waals surface area (Å²) in [5.41, 5.74) is 9.15. The third-order valence-corrected chi connectivity index (χ3v) is 9.55. The fraction of sp³-hybridized carbons (Fsp3) is 0.488. The number of aliphatic imine (C=N–C) groups is 1. The largest absolute Gasteiger partial charge is 0.497 e. The van der Waals surface area contributed by atoms with Crippen molar-refractivity contribution in [1.29, 1.82) is 0 Å². The van der Waals surface area contributed by atoms with Gasteiger partial charge in [-0.2, -0.15) is 0 Å². The van der Waals surface area contributed by atoms with Gasteiger partial charge in [-0.1, -0.05) is 56.2 Å². The van der Waals surface area contributed by atoms with Crippen LogP contribution in [-0.2, 0) is 22.4 Å². The van der Waals surface area contributed by atoms with Gasteiger partial charge in [0, 0.05) is 29.6 Å². The van der Waals surface area contributed by atoms with E-state index in [0.29, 0.717) is 23.3 Å². The first-order chi connectivity index (χ1) is 23.5. The minimum Gasteiger partial charge on any atom is -0.497 e. The normalized spacial score (nSPS) is 17.5. The van der Waals surface area contributed by atoms with Gasteiger partial charge in [0.25, 0.3) is 0 Å². The second-order valence-corrected chi connectivity index (χ2v) is 13.6. The van der Waals surface area contributed by atoms with E-state index in [1.54, 1.807) is 31.3 Å². The fourth-order valence-electron chi connectivity index (χ4n) is 6.75. The first kappa shape index (κ1) is 37.6. The molecule has 264 valence electrons. The standard InChI is InChI=1S/C24H30N2O.C17H25NO4/c1-5-6-18-13-19-20(14-23(18)27-4)24(17-9-7-16(2)8-10-17)25-22-11-12-26(3)15-21(19)22;1-6-14-7-15(9-16(8-14)21-5)17(20)22-10-13(4)18(11-19)12(2)3/h7-10,13-14,21-22H,5-6,11-12,15H2,1-4H3;7-9,11-13H,6,10H2,1-5H3/t21-,22?;13-/m10/s1. The summed E-state index contributed by atoms with van der Waals surface area (Å²) in [6.45, 7) is 14.4. The van der Waals surface area contributed by atoms with Crippen LogP contribution in [0.25, 0.3) is 0 Å². The van der Waals surface area contributed by atoms with Gasteiger partial charge in [-0.05, 0) is 102 Å². The molecule has 0 aliphatic carbocycles. The number of ether oxygens (including phenoxy) is 3. The number of esters is 1. The fourth-order valence-corrected chi connectivity index (χ4v) is 6.75. The summed E-state index contributed by atoms with van der Waals surface area (Å²) < 4.78 is 16.3. The van der Waals surface area contributed by atoms with Crippen molar-refractivity contribution in [3.05, 3.63) is 93.5 Å². The first-order valence-corrected chi connectivity index (χ1v) is 17.7. The summed E-state index contributed by atoms with van der Waals surface area (Å²) in [6, 6.07) is 19.1. The summed E-state index contributed by atoms with van der Waals surface area (Å²) >= 11 is 0. The third kappa shape index (κ3) is 9.30. The number of aryl methyl sites for hydroxylation is 3. The number of piperidine rings is 1. The topological polar surface area (TPSA) is 80.7 Å². The maximum absolute atomic E-state index is 12.2. The molecular formula is C41H55N3O5. The summed E-state index contributed by atoms with van der Waals surface area (Å²) in [5, 5.41) is 0. The van der Waals surface area contributed by atoms with Gasteiger partial charge in [-0.3, -0.25) is 9.79 Å². The van der Waals surface area contributed by atoms with E-state index in [1.807, 2.05) is 33.8 Å². The van der Waals surface area contributed by atoms with Crippen LogP contribution < -0.4 is 9.47 Å². The SMILES string of the molecule is CCCc1cc2c(cc1OC)C(c1ccc(C)cc1)=NC1CCN(C)C[C@H]21.CCc1cc(OC)cc(C(=O)OC[C@H](C)N(C=O)C(C)C)c1. The quantitative estimate of drug-likeness (QED) is 0.149. The molecule has 0 aromatic heterocycles. The Balaban J connectivity index is 0.000000227. The number of rotatable bonds is 12. The zero-order valence-electron chi connectivity index (χ0n) is 30.9. The number of nitrogens with zero attached hydrogens (tertiary/aromatic N) is 3. The molecule has 1 fully saturated rings. The van der Waals surface area contributed by atoms with E-state index in [4.69, 9.17) is 19.2 Å². The van der Waals surface area contributed by atoms with Crippen molar-refractivity contribution < 1.29 is 23.8 Å². The van der Waals surface area contributed by atoms with E-state index < -0.39 is 5.97 Å². The summed E-state index contributed by atoms with van der Waals surface area (Å²) in [6.07, 6.45) is 4.90. The van der Waals surface area contributed by atoms with Crippen LogP contribution in [0.1, 0.15) is 97.1 Å². The van der Waals surface area contributed by atoms with Gasteiger partial charge < -0.3 is 24.0 Å². The minimum absolute atomic E-state index is 0.0646. The smallest absolute Gasteiger partial charge is 0.338 e. The minimum atomic E-state index is -0.407. The Morgan fingerprint density at radius 2 is 1.78 bits per heavy atom. The zero-order valence-corrected chi connectivity index (χ0v) is 30.9. The van der Waals surface area contributed by atoms with Gasteiger partial charge in [0.2, 0.25) is 6.41 Å². The molecule has 0 bridgehead atoms. The predicted molar refractivity (Wildman–Crippen MR) is 198 cm³/mol. The average Bonchev–Trinajstić information content (AvgIpc) is 3.10. The van der Waals surface area contributed by atoms with Crippen LogP contribution in [-0.4, -0.2) is 87.0 Å². The summed E-state index contributed by atoms with van der Waals surface area (Å²) in [4.78, 5) is 32.6. The van der Waals surface area contributed by atoms with Crippen molar-refractivity contribution in [1.82, 2.24) is 9.80 Å². The van der Waals surface area contributed by atoms with E-state index in [-0.39, 0.29) is 18.7 Å². The van der Waals surface area contributed by atoms with Gasteiger partial charge >= 0.3 is 5.97 Å². The van der Waals surface area contributed by atoms with E-state index >= 15 is 0 Å². The molecule has 8 heteroatoms. The Kier molecular flexibility index (Phi) is 13.4. The lowest BCUT2D eigenvalue weighted by molar-refractivity contribution is -0.122. The summed E-state index contributed by atoms with van der Waals surface area (Å²) in [7, 11) is 5.58. The molecule has 8 nitrogen and oxygen atoms in total. The van der Waals surface area contributed by atoms with E-state index in [1.165, 1.54) is 27.8 Å². The number of amides is 1. The van der Waals surface area contributed by atoms with Crippen molar-refractivity contribution in [3.8, 4) is 11.5 Å². The Bertz CT molecular complexity index is 1580. The monoisotopic (exact) mass is 669 g/mol. The highest BCUT2D eigenvalue weighted by molar-refractivity contribution is 6.15. The number of fused-ring (bicyclic) bond motifs is 3. The highest BCUT2D eigenvalue weighted by atomic mass is 16.5. The lowest BCUT2D eigenvalue weighted by atomic mass is 9.78. The van der Waals surface area contributed by atoms with Crippen LogP contribution in [0.3, 0.4) is 0 Å². The van der Waals surface area contributed by atoms with Crippen molar-refractivity contribution in [2.75, 3.05) is 41.0 Å². The number of carbonyl (C=O) groups is 2. The Hall–Kier alpha value is -4.17. The van der Waals surface area contributed by atoms with Gasteiger partial charge in [0.15, 0.2) is 0 Å². The van der Waals surface area contributed by atoms with Gasteiger partial charge in [0.1, 0.15) is 18.1 Å². The summed E-state index contributed by atoms with van der Waals surface area (Å²) in [5.74, 6) is 1.71. The molecule has 0 spiro atoms. The van der Waals surface area contributed by atoms with Crippen LogP contribution in [0.2, 0.25) is 0 Å². The zero-order chi connectivity index (χ0) is 35.7. The molecule has 3 atom stereocenters. The molecule has 3 aromatic carbocycles. The molecule has 0 N–H and O–H groups in total. The predicted octanol–water partition coefficient (Wildman–Crippen LogP) is 7.26. The number of likely N-dealkylation sites (N-methyl/N-ethyl adjacent to an activating group) is 1. The third-order valence-electron chi connectivity index (χ3n) is 9.55. The van der Waals surface area contributed by atoms with Crippen LogP contribution >= 0.6 is 0 Å². The number of methoxy groups -OCH3 is 2. The first-order valence-electron chi connectivity index (χ1n) is 17.7. The second kappa shape index (κ2) is 17.5. The number of likely N-dealkylation sites (tertiary alicyclic amines) is 1. The lowest BCUT2D eigenvalue weighted by Crippen LogP contribution is -2.42. The maximum atomic E-state index is 12.2. The molecule has 5 rings (SSSR count). The Morgan fingerprint density at radius 3 is 2.39 bits per heavy atom. The van der Waals surface area contributed by atoms with Crippen molar-refractivity contribution in [2.45, 2.75) is 91.3 Å². The number of hydrogen-bond acceptors (Lipinski definition) is 7. The second-order valence-electron chi connectivity index (χ2n) is 13.6. The van der Waals surface area contributed by atoms with Crippen LogP contribution in [0, 0.1) is 6.92 Å². The maximum Gasteiger partial charge on any atom is 0.338 e. The number of carbonyl (C=O) groups excluding carboxylic acids is 2. The molecule has 2 aliphatic heterocycles. The van der Waals surface area contributed by atoms with Gasteiger partial charge in [0.05, 0.1) is 37.6 Å². The molecule has 49 heavy (non-hydrogen) atoms. The number of hydrogen-bond donors (Lipinski definition) is 0. The molecular weight excluding hydrogens is 614 g/mol. The van der Waals surface area contributed by atoms with Gasteiger partial charge in [-0.25, -0.2) is 4.79 Å². The van der Waals surface area contributed by atoms with Crippen LogP contribution in [0.15, 0.2) is 59.6 Å². The van der Waals surface area contributed by atoms with Crippen LogP contribution in [0.5, 0.6) is 11.5 Å². The van der Waals surface area contributed by atoms with E-state index in [9.17, 15) is 9.59 Å². The van der Waals surface area contributed by atoms with Crippen molar-refractivity contribution >= 4 is 18.1 Å². The molecule has 2 aliphatic rings. The lowest BCUT2D eigenvalue weighted by Gasteiger charge is -2.39. The molecule has 1 saturated heterocycles. The molecule has 1 amide bonds.